The van der Waals surface area contributed by atoms with E-state index in [1.54, 1.807) is 0 Å². The van der Waals surface area contributed by atoms with Crippen LogP contribution in [0.1, 0.15) is 5.56 Å². The molecule has 0 saturated heterocycles. The fourth-order valence-electron chi connectivity index (χ4n) is 2.12. The van der Waals surface area contributed by atoms with E-state index in [4.69, 9.17) is 11.6 Å². The SMILES string of the molecule is Fc1ccc(Nc2nccc(Nc3ccc(Cl)c(C(F)(F)F)c3)n2)cc1. The molecule has 0 aliphatic rings. The fraction of sp³-hybridized carbons (Fsp3) is 0.0588. The van der Waals surface area contributed by atoms with E-state index < -0.39 is 11.7 Å². The maximum Gasteiger partial charge on any atom is 0.417 e. The number of anilines is 4. The molecule has 2 aromatic carbocycles. The van der Waals surface area contributed by atoms with Crippen molar-refractivity contribution < 1.29 is 17.6 Å². The summed E-state index contributed by atoms with van der Waals surface area (Å²) in [5.41, 5.74) is -0.203. The Bertz CT molecular complexity index is 913. The lowest BCUT2D eigenvalue weighted by Gasteiger charge is -2.12. The van der Waals surface area contributed by atoms with Crippen molar-refractivity contribution in [3.63, 3.8) is 0 Å². The highest BCUT2D eigenvalue weighted by Crippen LogP contribution is 2.36. The molecule has 3 aromatic rings. The molecule has 0 radical (unpaired) electrons. The molecule has 3 rings (SSSR count). The van der Waals surface area contributed by atoms with Crippen LogP contribution in [-0.2, 0) is 6.18 Å². The third-order valence-electron chi connectivity index (χ3n) is 3.30. The first-order valence-corrected chi connectivity index (χ1v) is 7.68. The average Bonchev–Trinajstić information content (AvgIpc) is 2.58. The van der Waals surface area contributed by atoms with Crippen LogP contribution in [0, 0.1) is 5.82 Å². The maximum atomic E-state index is 12.9. The van der Waals surface area contributed by atoms with Crippen LogP contribution in [0.5, 0.6) is 0 Å². The van der Waals surface area contributed by atoms with E-state index in [2.05, 4.69) is 20.6 Å². The highest BCUT2D eigenvalue weighted by atomic mass is 35.5. The van der Waals surface area contributed by atoms with Crippen LogP contribution in [0.2, 0.25) is 5.02 Å². The molecule has 0 bridgehead atoms. The molecule has 0 saturated carbocycles. The van der Waals surface area contributed by atoms with Crippen molar-refractivity contribution in [2.24, 2.45) is 0 Å². The molecule has 0 unspecified atom stereocenters. The van der Waals surface area contributed by atoms with Crippen molar-refractivity contribution >= 4 is 34.7 Å². The van der Waals surface area contributed by atoms with E-state index in [-0.39, 0.29) is 28.3 Å². The molecule has 134 valence electrons. The average molecular weight is 383 g/mol. The van der Waals surface area contributed by atoms with Gasteiger partial charge in [-0.1, -0.05) is 11.6 Å². The minimum atomic E-state index is -4.56. The number of alkyl halides is 3. The first kappa shape index (κ1) is 17.9. The van der Waals surface area contributed by atoms with Gasteiger partial charge < -0.3 is 10.6 Å². The Kier molecular flexibility index (Phi) is 4.94. The van der Waals surface area contributed by atoms with Crippen LogP contribution >= 0.6 is 11.6 Å². The zero-order chi connectivity index (χ0) is 18.7. The predicted molar refractivity (Wildman–Crippen MR) is 91.5 cm³/mol. The molecule has 26 heavy (non-hydrogen) atoms. The van der Waals surface area contributed by atoms with Crippen molar-refractivity contribution in [1.82, 2.24) is 9.97 Å². The van der Waals surface area contributed by atoms with Gasteiger partial charge in [-0.15, -0.1) is 0 Å². The van der Waals surface area contributed by atoms with E-state index >= 15 is 0 Å². The second-order valence-electron chi connectivity index (χ2n) is 5.21. The largest absolute Gasteiger partial charge is 0.417 e. The summed E-state index contributed by atoms with van der Waals surface area (Å²) in [4.78, 5) is 8.17. The Morgan fingerprint density at radius 3 is 2.27 bits per heavy atom. The van der Waals surface area contributed by atoms with Gasteiger partial charge in [-0.05, 0) is 48.5 Å². The van der Waals surface area contributed by atoms with Crippen LogP contribution in [0.3, 0.4) is 0 Å². The molecule has 0 spiro atoms. The van der Waals surface area contributed by atoms with Crippen molar-refractivity contribution in [2.75, 3.05) is 10.6 Å². The third-order valence-corrected chi connectivity index (χ3v) is 3.63. The van der Waals surface area contributed by atoms with Gasteiger partial charge in [0.05, 0.1) is 10.6 Å². The summed E-state index contributed by atoms with van der Waals surface area (Å²) in [6.45, 7) is 0. The van der Waals surface area contributed by atoms with Gasteiger partial charge in [-0.25, -0.2) is 9.37 Å². The van der Waals surface area contributed by atoms with Gasteiger partial charge in [0, 0.05) is 17.6 Å². The van der Waals surface area contributed by atoms with Gasteiger partial charge in [-0.2, -0.15) is 18.2 Å². The summed E-state index contributed by atoms with van der Waals surface area (Å²) < 4.78 is 51.7. The van der Waals surface area contributed by atoms with E-state index in [0.717, 1.165) is 12.1 Å². The molecule has 0 aliphatic heterocycles. The van der Waals surface area contributed by atoms with Gasteiger partial charge in [0.15, 0.2) is 0 Å². The van der Waals surface area contributed by atoms with E-state index in [9.17, 15) is 17.6 Å². The highest BCUT2D eigenvalue weighted by molar-refractivity contribution is 6.31. The van der Waals surface area contributed by atoms with E-state index in [1.165, 1.54) is 42.6 Å². The van der Waals surface area contributed by atoms with Crippen LogP contribution < -0.4 is 10.6 Å². The minimum Gasteiger partial charge on any atom is -0.340 e. The Labute approximate surface area is 150 Å². The summed E-state index contributed by atoms with van der Waals surface area (Å²) in [6, 6.07) is 10.5. The number of nitrogens with zero attached hydrogens (tertiary/aromatic N) is 2. The second kappa shape index (κ2) is 7.17. The first-order chi connectivity index (χ1) is 12.3. The molecule has 1 heterocycles. The van der Waals surface area contributed by atoms with Gasteiger partial charge in [0.25, 0.3) is 0 Å². The zero-order valence-corrected chi connectivity index (χ0v) is 13.7. The number of halogens is 5. The summed E-state index contributed by atoms with van der Waals surface area (Å²) in [7, 11) is 0. The molecule has 0 fully saturated rings. The zero-order valence-electron chi connectivity index (χ0n) is 13.0. The number of benzene rings is 2. The monoisotopic (exact) mass is 382 g/mol. The summed E-state index contributed by atoms with van der Waals surface area (Å²) in [5.74, 6) is 0.0989. The van der Waals surface area contributed by atoms with Gasteiger partial charge in [0.2, 0.25) is 5.95 Å². The highest BCUT2D eigenvalue weighted by Gasteiger charge is 2.33. The van der Waals surface area contributed by atoms with Gasteiger partial charge >= 0.3 is 6.18 Å². The number of hydrogen-bond donors (Lipinski definition) is 2. The molecule has 0 amide bonds. The van der Waals surface area contributed by atoms with Crippen LogP contribution in [0.4, 0.5) is 40.7 Å². The van der Waals surface area contributed by atoms with Crippen molar-refractivity contribution in [1.29, 1.82) is 0 Å². The molecule has 0 atom stereocenters. The maximum absolute atomic E-state index is 12.9. The Morgan fingerprint density at radius 1 is 0.885 bits per heavy atom. The van der Waals surface area contributed by atoms with Crippen LogP contribution in [0.15, 0.2) is 54.7 Å². The summed E-state index contributed by atoms with van der Waals surface area (Å²) in [5, 5.41) is 5.26. The van der Waals surface area contributed by atoms with E-state index in [0.29, 0.717) is 5.69 Å². The van der Waals surface area contributed by atoms with Gasteiger partial charge in [0.1, 0.15) is 11.6 Å². The van der Waals surface area contributed by atoms with Crippen molar-refractivity contribution in [3.05, 3.63) is 71.1 Å². The molecule has 2 N–H and O–H groups in total. The summed E-state index contributed by atoms with van der Waals surface area (Å²) in [6.07, 6.45) is -3.13. The lowest BCUT2D eigenvalue weighted by atomic mass is 10.2. The van der Waals surface area contributed by atoms with Gasteiger partial charge in [-0.3, -0.25) is 0 Å². The minimum absolute atomic E-state index is 0.174. The summed E-state index contributed by atoms with van der Waals surface area (Å²) >= 11 is 5.60. The second-order valence-corrected chi connectivity index (χ2v) is 5.62. The lowest BCUT2D eigenvalue weighted by Crippen LogP contribution is -2.07. The molecular weight excluding hydrogens is 372 g/mol. The lowest BCUT2D eigenvalue weighted by molar-refractivity contribution is -0.137. The molecule has 0 aliphatic carbocycles. The number of hydrogen-bond acceptors (Lipinski definition) is 4. The Balaban J connectivity index is 1.80. The smallest absolute Gasteiger partial charge is 0.340 e. The quantitative estimate of drug-likeness (QED) is 0.562. The van der Waals surface area contributed by atoms with E-state index in [1.807, 2.05) is 0 Å². The fourth-order valence-corrected chi connectivity index (χ4v) is 2.34. The topological polar surface area (TPSA) is 49.8 Å². The molecule has 4 nitrogen and oxygen atoms in total. The third kappa shape index (κ3) is 4.40. The predicted octanol–water partition coefficient (Wildman–Crippen LogP) is 5.78. The standard InChI is InChI=1S/C17H11ClF4N4/c18-14-6-5-12(9-13(14)17(20,21)22)24-15-7-8-23-16(26-15)25-11-3-1-10(19)2-4-11/h1-9H,(H2,23,24,25,26). The molecule has 1 aromatic heterocycles. The number of aromatic nitrogens is 2. The number of rotatable bonds is 4. The first-order valence-electron chi connectivity index (χ1n) is 7.31. The Hall–Kier alpha value is -2.87. The molecular formula is C17H11ClF4N4. The molecule has 9 heteroatoms. The normalized spacial score (nSPS) is 11.3. The Morgan fingerprint density at radius 2 is 1.58 bits per heavy atom. The van der Waals surface area contributed by atoms with Crippen LogP contribution in [0.25, 0.3) is 0 Å². The van der Waals surface area contributed by atoms with Crippen molar-refractivity contribution in [3.8, 4) is 0 Å². The number of nitrogens with one attached hydrogen (secondary N) is 2. The van der Waals surface area contributed by atoms with Crippen molar-refractivity contribution in [2.45, 2.75) is 6.18 Å². The van der Waals surface area contributed by atoms with Crippen LogP contribution in [-0.4, -0.2) is 9.97 Å².